The smallest absolute Gasteiger partial charge is 0.305 e. The number of rotatable bonds is 4. The number of ketones is 1. The van der Waals surface area contributed by atoms with Gasteiger partial charge < -0.3 is 4.90 Å². The van der Waals surface area contributed by atoms with Gasteiger partial charge in [0.2, 0.25) is 0 Å². The molecular weight excluding hydrogens is 453 g/mol. The van der Waals surface area contributed by atoms with Gasteiger partial charge in [0, 0.05) is 41.7 Å². The number of alkyl halides is 3. The Kier molecular flexibility index (Phi) is 6.69. The van der Waals surface area contributed by atoms with Gasteiger partial charge >= 0.3 is 6.18 Å². The van der Waals surface area contributed by atoms with Crippen LogP contribution in [0.1, 0.15) is 56.2 Å². The maximum atomic E-state index is 13.3. The highest BCUT2D eigenvalue weighted by Crippen LogP contribution is 2.33. The number of hydrogen-bond acceptors (Lipinski definition) is 4. The molecule has 0 N–H and O–H groups in total. The van der Waals surface area contributed by atoms with E-state index in [1.807, 2.05) is 20.8 Å². The van der Waals surface area contributed by atoms with Crippen molar-refractivity contribution >= 4 is 30.9 Å². The average molecular weight is 477 g/mol. The predicted molar refractivity (Wildman–Crippen MR) is 122 cm³/mol. The van der Waals surface area contributed by atoms with Crippen molar-refractivity contribution in [1.29, 1.82) is 0 Å². The van der Waals surface area contributed by atoms with Crippen LogP contribution in [0.2, 0.25) is 0 Å². The van der Waals surface area contributed by atoms with Crippen molar-refractivity contribution in [3.05, 3.63) is 76.4 Å². The molecule has 1 atom stereocenters. The summed E-state index contributed by atoms with van der Waals surface area (Å²) in [6.07, 6.45) is -1.38. The molecule has 0 fully saturated rings. The number of pyridine rings is 1. The number of benzene rings is 1. The predicted octanol–water partition coefficient (Wildman–Crippen LogP) is 4.67. The number of amides is 1. The minimum Gasteiger partial charge on any atom is -0.305 e. The van der Waals surface area contributed by atoms with E-state index in [0.717, 1.165) is 23.4 Å². The molecular formula is C23H23F3N4O2S. The normalized spacial score (nSPS) is 15.8. The van der Waals surface area contributed by atoms with E-state index in [9.17, 15) is 22.8 Å². The van der Waals surface area contributed by atoms with Gasteiger partial charge in [-0.05, 0) is 56.7 Å². The molecule has 1 aliphatic heterocycles. The van der Waals surface area contributed by atoms with Crippen LogP contribution < -0.4 is 4.90 Å². The lowest BCUT2D eigenvalue weighted by atomic mass is 9.98. The van der Waals surface area contributed by atoms with Gasteiger partial charge in [-0.15, -0.1) is 0 Å². The fraction of sp³-hybridized carbons (Fsp3) is 0.304. The Morgan fingerprint density at radius 2 is 1.82 bits per heavy atom. The molecule has 0 aliphatic carbocycles. The molecule has 1 amide bonds. The summed E-state index contributed by atoms with van der Waals surface area (Å²) in [6.45, 7) is 5.76. The zero-order valence-corrected chi connectivity index (χ0v) is 19.3. The summed E-state index contributed by atoms with van der Waals surface area (Å²) in [7, 11) is 0. The van der Waals surface area contributed by atoms with Crippen LogP contribution in [0, 0.1) is 13.8 Å². The summed E-state index contributed by atoms with van der Waals surface area (Å²) in [4.78, 5) is 31.8. The minimum atomic E-state index is -4.45. The zero-order chi connectivity index (χ0) is 23.2. The number of nitrogens with zero attached hydrogens (tertiary/aromatic N) is 4. The number of carbonyl (C=O) groups excluding carboxylic acids is 2. The van der Waals surface area contributed by atoms with Crippen LogP contribution in [0.4, 0.5) is 18.9 Å². The fourth-order valence-electron chi connectivity index (χ4n) is 3.91. The number of anilines is 1. The maximum absolute atomic E-state index is 13.3. The summed E-state index contributed by atoms with van der Waals surface area (Å²) in [6, 6.07) is 5.93. The number of aromatic nitrogens is 3. The van der Waals surface area contributed by atoms with Crippen molar-refractivity contribution in [3.63, 3.8) is 0 Å². The van der Waals surface area contributed by atoms with E-state index in [4.69, 9.17) is 0 Å². The highest BCUT2D eigenvalue weighted by Gasteiger charge is 2.35. The molecule has 6 nitrogen and oxygen atoms in total. The Labute approximate surface area is 195 Å². The third-order valence-corrected chi connectivity index (χ3v) is 5.80. The van der Waals surface area contributed by atoms with Crippen molar-refractivity contribution in [1.82, 2.24) is 14.8 Å². The number of hydrogen-bond donors (Lipinski definition) is 0. The molecule has 2 aromatic heterocycles. The first kappa shape index (κ1) is 24.5. The minimum absolute atomic E-state index is 0. The molecule has 33 heavy (non-hydrogen) atoms. The molecule has 0 saturated carbocycles. The zero-order valence-electron chi connectivity index (χ0n) is 18.3. The second kappa shape index (κ2) is 9.01. The summed E-state index contributed by atoms with van der Waals surface area (Å²) < 4.78 is 40.3. The Hall–Kier alpha value is -3.14. The van der Waals surface area contributed by atoms with E-state index in [-0.39, 0.29) is 44.0 Å². The molecule has 0 saturated heterocycles. The molecule has 10 heteroatoms. The topological polar surface area (TPSA) is 68.1 Å². The van der Waals surface area contributed by atoms with Crippen molar-refractivity contribution < 1.29 is 22.8 Å². The Balaban J connectivity index is 0.00000306. The van der Waals surface area contributed by atoms with Gasteiger partial charge in [0.05, 0.1) is 17.8 Å². The second-order valence-electron chi connectivity index (χ2n) is 7.94. The lowest BCUT2D eigenvalue weighted by Gasteiger charge is -2.32. The van der Waals surface area contributed by atoms with E-state index >= 15 is 0 Å². The molecule has 1 aromatic carbocycles. The Morgan fingerprint density at radius 3 is 2.45 bits per heavy atom. The third-order valence-electron chi connectivity index (χ3n) is 5.80. The molecule has 174 valence electrons. The van der Waals surface area contributed by atoms with Crippen molar-refractivity contribution in [2.75, 3.05) is 11.4 Å². The van der Waals surface area contributed by atoms with E-state index in [2.05, 4.69) is 10.1 Å². The van der Waals surface area contributed by atoms with Gasteiger partial charge in [-0.25, -0.2) is 0 Å². The summed E-state index contributed by atoms with van der Waals surface area (Å²) in [5.41, 5.74) is 2.42. The van der Waals surface area contributed by atoms with Gasteiger partial charge in [-0.2, -0.15) is 31.8 Å². The highest BCUT2D eigenvalue weighted by atomic mass is 32.1. The van der Waals surface area contributed by atoms with Gasteiger partial charge in [-0.3, -0.25) is 19.3 Å². The molecule has 0 radical (unpaired) electrons. The van der Waals surface area contributed by atoms with Crippen LogP contribution in [0.3, 0.4) is 0 Å². The van der Waals surface area contributed by atoms with E-state index < -0.39 is 17.6 Å². The Bertz CT molecular complexity index is 1210. The van der Waals surface area contributed by atoms with Crippen LogP contribution in [-0.2, 0) is 12.6 Å². The molecule has 0 spiro atoms. The number of fused-ring (bicyclic) bond motifs is 1. The molecule has 0 bridgehead atoms. The van der Waals surface area contributed by atoms with Crippen molar-refractivity contribution in [2.24, 2.45) is 0 Å². The second-order valence-corrected chi connectivity index (χ2v) is 7.94. The van der Waals surface area contributed by atoms with E-state index in [0.29, 0.717) is 16.8 Å². The summed E-state index contributed by atoms with van der Waals surface area (Å²) in [5.74, 6) is -0.554. The monoisotopic (exact) mass is 476 g/mol. The first-order chi connectivity index (χ1) is 15.1. The van der Waals surface area contributed by atoms with Crippen LogP contribution in [-0.4, -0.2) is 33.0 Å². The van der Waals surface area contributed by atoms with Crippen molar-refractivity contribution in [3.8, 4) is 0 Å². The van der Waals surface area contributed by atoms with Crippen molar-refractivity contribution in [2.45, 2.75) is 39.4 Å². The first-order valence-electron chi connectivity index (χ1n) is 10.1. The van der Waals surface area contributed by atoms with Crippen LogP contribution in [0.15, 0.2) is 42.7 Å². The lowest BCUT2D eigenvalue weighted by Crippen LogP contribution is -2.43. The van der Waals surface area contributed by atoms with E-state index in [1.165, 1.54) is 23.2 Å². The van der Waals surface area contributed by atoms with Gasteiger partial charge in [0.1, 0.15) is 5.69 Å². The standard InChI is InChI=1S/C23H21F3N4O2.H2S/c1-13-12-29(18-6-4-17(5-7-18)23(24,25)26)22(32)21-16(11-28-30(13)21)10-20(31)19-8-9-27-15(3)14(19)2;/h4-9,11,13H,10,12H2,1-3H3;1H2/t13-;/m0./s1. The lowest BCUT2D eigenvalue weighted by molar-refractivity contribution is -0.137. The number of halogens is 3. The fourth-order valence-corrected chi connectivity index (χ4v) is 3.91. The maximum Gasteiger partial charge on any atom is 0.416 e. The molecule has 3 aromatic rings. The molecule has 3 heterocycles. The Morgan fingerprint density at radius 1 is 1.15 bits per heavy atom. The average Bonchev–Trinajstić information content (AvgIpc) is 3.16. The first-order valence-corrected chi connectivity index (χ1v) is 10.1. The number of carbonyl (C=O) groups is 2. The van der Waals surface area contributed by atoms with Gasteiger partial charge in [-0.1, -0.05) is 0 Å². The van der Waals surface area contributed by atoms with Gasteiger partial charge in [0.15, 0.2) is 5.78 Å². The van der Waals surface area contributed by atoms with Crippen LogP contribution >= 0.6 is 13.5 Å². The summed E-state index contributed by atoms with van der Waals surface area (Å²) >= 11 is 0. The highest BCUT2D eigenvalue weighted by molar-refractivity contribution is 7.59. The van der Waals surface area contributed by atoms with Crippen LogP contribution in [0.5, 0.6) is 0 Å². The quantitative estimate of drug-likeness (QED) is 0.513. The molecule has 1 aliphatic rings. The number of Topliss-reactive ketones (excluding diaryl/α,β-unsaturated/α-hetero) is 1. The SMILES string of the molecule is Cc1nccc(C(=O)Cc2cnn3c2C(=O)N(c2ccc(C(F)(F)F)cc2)C[C@@H]3C)c1C.S. The molecule has 4 rings (SSSR count). The molecule has 0 unspecified atom stereocenters. The largest absolute Gasteiger partial charge is 0.416 e. The third kappa shape index (κ3) is 4.52. The van der Waals surface area contributed by atoms with Gasteiger partial charge in [0.25, 0.3) is 5.91 Å². The van der Waals surface area contributed by atoms with E-state index in [1.54, 1.807) is 16.9 Å². The summed E-state index contributed by atoms with van der Waals surface area (Å²) in [5, 5.41) is 4.31. The number of aryl methyl sites for hydroxylation is 1. The van der Waals surface area contributed by atoms with Crippen LogP contribution in [0.25, 0.3) is 0 Å².